The third-order valence-corrected chi connectivity index (χ3v) is 1.99. The van der Waals surface area contributed by atoms with Gasteiger partial charge < -0.3 is 20.1 Å². The van der Waals surface area contributed by atoms with E-state index in [0.717, 1.165) is 0 Å². The molecule has 0 heterocycles. The van der Waals surface area contributed by atoms with E-state index in [-0.39, 0.29) is 0 Å². The second-order valence-electron chi connectivity index (χ2n) is 2.97. The minimum Gasteiger partial charge on any atom is -0.497 e. The van der Waals surface area contributed by atoms with Crippen LogP contribution in [0.1, 0.15) is 11.7 Å². The van der Waals surface area contributed by atoms with Gasteiger partial charge in [0, 0.05) is 0 Å². The molecule has 2 atom stereocenters. The van der Waals surface area contributed by atoms with Crippen LogP contribution in [0, 0.1) is 0 Å². The molecule has 14 heavy (non-hydrogen) atoms. The van der Waals surface area contributed by atoms with Crippen LogP contribution in [-0.2, 0) is 0 Å². The van der Waals surface area contributed by atoms with Crippen molar-refractivity contribution < 1.29 is 20.1 Å². The molecule has 0 saturated heterocycles. The van der Waals surface area contributed by atoms with E-state index in [1.165, 1.54) is 7.11 Å². The Morgan fingerprint density at radius 1 is 1.36 bits per heavy atom. The second-order valence-corrected chi connectivity index (χ2v) is 2.97. The van der Waals surface area contributed by atoms with Crippen LogP contribution in [0.4, 0.5) is 0 Å². The van der Waals surface area contributed by atoms with Crippen LogP contribution >= 0.6 is 0 Å². The van der Waals surface area contributed by atoms with Crippen LogP contribution in [0.2, 0.25) is 0 Å². The van der Waals surface area contributed by atoms with Crippen LogP contribution < -0.4 is 4.74 Å². The number of methoxy groups -OCH3 is 1. The van der Waals surface area contributed by atoms with E-state index < -0.39 is 18.8 Å². The standard InChI is InChI=1S/C10H14O4/c1-14-8-4-2-3-7(5-8)10(13)9(12)6-11/h2-5,9-13H,6H2,1H3. The SMILES string of the molecule is COc1cccc(C(O)C(O)CO)c1. The predicted molar refractivity (Wildman–Crippen MR) is 51.0 cm³/mol. The van der Waals surface area contributed by atoms with Gasteiger partial charge in [-0.2, -0.15) is 0 Å². The molecule has 0 bridgehead atoms. The minimum atomic E-state index is -1.16. The average molecular weight is 198 g/mol. The Hall–Kier alpha value is -1.10. The van der Waals surface area contributed by atoms with Gasteiger partial charge in [0.1, 0.15) is 18.0 Å². The van der Waals surface area contributed by atoms with E-state index in [4.69, 9.17) is 9.84 Å². The summed E-state index contributed by atoms with van der Waals surface area (Å²) in [6, 6.07) is 6.72. The lowest BCUT2D eigenvalue weighted by Crippen LogP contribution is -2.21. The van der Waals surface area contributed by atoms with Crippen molar-refractivity contribution in [2.45, 2.75) is 12.2 Å². The van der Waals surface area contributed by atoms with Gasteiger partial charge >= 0.3 is 0 Å². The second kappa shape index (κ2) is 4.95. The van der Waals surface area contributed by atoms with Gasteiger partial charge in [-0.1, -0.05) is 12.1 Å². The maximum absolute atomic E-state index is 9.54. The predicted octanol–water partition coefficient (Wildman–Crippen LogP) is 0.0818. The Kier molecular flexibility index (Phi) is 3.88. The van der Waals surface area contributed by atoms with Crippen LogP contribution in [-0.4, -0.2) is 35.1 Å². The molecule has 0 spiro atoms. The van der Waals surface area contributed by atoms with Crippen molar-refractivity contribution in [3.8, 4) is 5.75 Å². The van der Waals surface area contributed by atoms with Gasteiger partial charge in [-0.3, -0.25) is 0 Å². The quantitative estimate of drug-likeness (QED) is 0.641. The zero-order valence-corrected chi connectivity index (χ0v) is 7.92. The Balaban J connectivity index is 2.83. The Morgan fingerprint density at radius 2 is 2.07 bits per heavy atom. The monoisotopic (exact) mass is 198 g/mol. The van der Waals surface area contributed by atoms with Crippen LogP contribution in [0.3, 0.4) is 0 Å². The fraction of sp³-hybridized carbons (Fsp3) is 0.400. The molecule has 3 N–H and O–H groups in total. The lowest BCUT2D eigenvalue weighted by Gasteiger charge is -2.16. The summed E-state index contributed by atoms with van der Waals surface area (Å²) in [5, 5.41) is 27.4. The zero-order chi connectivity index (χ0) is 10.6. The van der Waals surface area contributed by atoms with Crippen molar-refractivity contribution in [3.05, 3.63) is 29.8 Å². The molecular weight excluding hydrogens is 184 g/mol. The van der Waals surface area contributed by atoms with Crippen molar-refractivity contribution in [2.24, 2.45) is 0 Å². The number of hydrogen-bond donors (Lipinski definition) is 3. The van der Waals surface area contributed by atoms with Gasteiger partial charge in [0.05, 0.1) is 13.7 Å². The molecule has 0 saturated carbocycles. The zero-order valence-electron chi connectivity index (χ0n) is 7.92. The fourth-order valence-electron chi connectivity index (χ4n) is 1.15. The summed E-state index contributed by atoms with van der Waals surface area (Å²) in [6.07, 6.45) is -2.25. The molecule has 4 nitrogen and oxygen atoms in total. The lowest BCUT2D eigenvalue weighted by atomic mass is 10.0. The van der Waals surface area contributed by atoms with Gasteiger partial charge in [0.25, 0.3) is 0 Å². The summed E-state index contributed by atoms with van der Waals surface area (Å²) in [4.78, 5) is 0. The molecule has 1 rings (SSSR count). The third kappa shape index (κ3) is 2.45. The molecule has 4 heteroatoms. The first-order valence-corrected chi connectivity index (χ1v) is 4.30. The lowest BCUT2D eigenvalue weighted by molar-refractivity contribution is -0.0153. The van der Waals surface area contributed by atoms with Gasteiger partial charge in [0.15, 0.2) is 0 Å². The molecule has 0 fully saturated rings. The van der Waals surface area contributed by atoms with E-state index in [1.54, 1.807) is 24.3 Å². The molecule has 0 aromatic heterocycles. The van der Waals surface area contributed by atoms with Crippen molar-refractivity contribution in [1.82, 2.24) is 0 Å². The molecule has 78 valence electrons. The summed E-state index contributed by atoms with van der Waals surface area (Å²) >= 11 is 0. The number of benzene rings is 1. The number of rotatable bonds is 4. The molecular formula is C10H14O4. The maximum Gasteiger partial charge on any atom is 0.119 e. The van der Waals surface area contributed by atoms with Crippen LogP contribution in [0.5, 0.6) is 5.75 Å². The molecule has 2 unspecified atom stereocenters. The average Bonchev–Trinajstić information content (AvgIpc) is 2.27. The van der Waals surface area contributed by atoms with E-state index in [0.29, 0.717) is 11.3 Å². The smallest absolute Gasteiger partial charge is 0.119 e. The highest BCUT2D eigenvalue weighted by molar-refractivity contribution is 5.30. The first-order valence-electron chi connectivity index (χ1n) is 4.30. The molecule has 0 aliphatic heterocycles. The third-order valence-electron chi connectivity index (χ3n) is 1.99. The largest absolute Gasteiger partial charge is 0.497 e. The summed E-state index contributed by atoms with van der Waals surface area (Å²) in [5.74, 6) is 0.603. The first-order chi connectivity index (χ1) is 6.69. The molecule has 0 aliphatic rings. The van der Waals surface area contributed by atoms with E-state index >= 15 is 0 Å². The van der Waals surface area contributed by atoms with Crippen molar-refractivity contribution >= 4 is 0 Å². The van der Waals surface area contributed by atoms with Gasteiger partial charge in [-0.15, -0.1) is 0 Å². The highest BCUT2D eigenvalue weighted by atomic mass is 16.5. The molecule has 1 aromatic carbocycles. The molecule has 0 aliphatic carbocycles. The van der Waals surface area contributed by atoms with E-state index in [1.807, 2.05) is 0 Å². The normalized spacial score (nSPS) is 14.9. The van der Waals surface area contributed by atoms with Crippen LogP contribution in [0.15, 0.2) is 24.3 Å². The summed E-state index contributed by atoms with van der Waals surface area (Å²) < 4.78 is 4.96. The highest BCUT2D eigenvalue weighted by Crippen LogP contribution is 2.21. The first kappa shape index (κ1) is 11.0. The summed E-state index contributed by atoms with van der Waals surface area (Å²) in [7, 11) is 1.52. The summed E-state index contributed by atoms with van der Waals surface area (Å²) in [6.45, 7) is -0.474. The number of aliphatic hydroxyl groups excluding tert-OH is 3. The minimum absolute atomic E-state index is 0.474. The van der Waals surface area contributed by atoms with Crippen molar-refractivity contribution in [3.63, 3.8) is 0 Å². The van der Waals surface area contributed by atoms with Gasteiger partial charge in [-0.05, 0) is 17.7 Å². The highest BCUT2D eigenvalue weighted by Gasteiger charge is 2.17. The molecule has 1 aromatic rings. The summed E-state index contributed by atoms with van der Waals surface area (Å²) in [5.41, 5.74) is 0.519. The topological polar surface area (TPSA) is 69.9 Å². The Bertz CT molecular complexity index is 287. The van der Waals surface area contributed by atoms with Gasteiger partial charge in [-0.25, -0.2) is 0 Å². The van der Waals surface area contributed by atoms with E-state index in [2.05, 4.69) is 0 Å². The fourth-order valence-corrected chi connectivity index (χ4v) is 1.15. The van der Waals surface area contributed by atoms with Crippen molar-refractivity contribution in [2.75, 3.05) is 13.7 Å². The van der Waals surface area contributed by atoms with Gasteiger partial charge in [0.2, 0.25) is 0 Å². The molecule has 0 amide bonds. The van der Waals surface area contributed by atoms with Crippen molar-refractivity contribution in [1.29, 1.82) is 0 Å². The number of hydrogen-bond acceptors (Lipinski definition) is 4. The Morgan fingerprint density at radius 3 is 2.64 bits per heavy atom. The number of aliphatic hydroxyl groups is 3. The maximum atomic E-state index is 9.54. The number of ether oxygens (including phenoxy) is 1. The molecule has 0 radical (unpaired) electrons. The van der Waals surface area contributed by atoms with E-state index in [9.17, 15) is 10.2 Å². The van der Waals surface area contributed by atoms with Crippen LogP contribution in [0.25, 0.3) is 0 Å². The Labute approximate surface area is 82.4 Å².